The molecule has 78 valence electrons. The Hall–Kier alpha value is -0.850. The molecule has 0 saturated carbocycles. The predicted molar refractivity (Wildman–Crippen MR) is 48.6 cm³/mol. The topological polar surface area (TPSA) is 51.0 Å². The molecule has 0 spiro atoms. The Morgan fingerprint density at radius 1 is 1.50 bits per heavy atom. The average Bonchev–Trinajstić information content (AvgIpc) is 2.75. The molecule has 2 rings (SSSR count). The van der Waals surface area contributed by atoms with Gasteiger partial charge in [0.25, 0.3) is 5.89 Å². The lowest BCUT2D eigenvalue weighted by molar-refractivity contribution is 0.116. The molecular formula is C7H9F2N3OS. The van der Waals surface area contributed by atoms with Crippen molar-refractivity contribution < 1.29 is 13.2 Å². The molecule has 0 aliphatic carbocycles. The number of hydrogen-bond acceptors (Lipinski definition) is 5. The van der Waals surface area contributed by atoms with Crippen LogP contribution in [0.3, 0.4) is 0 Å². The van der Waals surface area contributed by atoms with Crippen molar-refractivity contribution in [1.82, 2.24) is 10.2 Å². The number of thioether (sulfide) groups is 1. The molecule has 0 bridgehead atoms. The molecule has 1 saturated heterocycles. The van der Waals surface area contributed by atoms with Crippen LogP contribution in [0.5, 0.6) is 0 Å². The van der Waals surface area contributed by atoms with Gasteiger partial charge >= 0.3 is 12.4 Å². The molecule has 1 unspecified atom stereocenters. The van der Waals surface area contributed by atoms with E-state index in [2.05, 4.69) is 15.5 Å². The Bertz CT molecular complexity index is 301. The van der Waals surface area contributed by atoms with Crippen molar-refractivity contribution >= 4 is 17.8 Å². The van der Waals surface area contributed by atoms with E-state index < -0.39 is 12.3 Å². The zero-order valence-electron chi connectivity index (χ0n) is 7.24. The Morgan fingerprint density at radius 2 is 2.36 bits per heavy atom. The predicted octanol–water partition coefficient (Wildman–Crippen LogP) is 1.92. The highest BCUT2D eigenvalue weighted by Crippen LogP contribution is 2.23. The summed E-state index contributed by atoms with van der Waals surface area (Å²) >= 11 is 1.81. The molecule has 1 N–H and O–H groups in total. The molecule has 0 amide bonds. The van der Waals surface area contributed by atoms with Gasteiger partial charge in [-0.15, -0.1) is 5.10 Å². The van der Waals surface area contributed by atoms with Crippen molar-refractivity contribution in [3.05, 3.63) is 5.89 Å². The quantitative estimate of drug-likeness (QED) is 0.845. The number of nitrogens with one attached hydrogen (secondary N) is 1. The van der Waals surface area contributed by atoms with E-state index in [0.29, 0.717) is 0 Å². The summed E-state index contributed by atoms with van der Waals surface area (Å²) in [6, 6.07) is 0.346. The first-order valence-electron chi connectivity index (χ1n) is 4.21. The molecule has 1 fully saturated rings. The lowest BCUT2D eigenvalue weighted by Crippen LogP contribution is -2.18. The zero-order valence-corrected chi connectivity index (χ0v) is 8.06. The summed E-state index contributed by atoms with van der Waals surface area (Å²) in [7, 11) is 0. The van der Waals surface area contributed by atoms with E-state index in [9.17, 15) is 8.78 Å². The second-order valence-corrected chi connectivity index (χ2v) is 4.10. The average molecular weight is 221 g/mol. The van der Waals surface area contributed by atoms with Crippen LogP contribution in [0.4, 0.5) is 14.8 Å². The molecule has 7 heteroatoms. The van der Waals surface area contributed by atoms with Crippen LogP contribution in [0.1, 0.15) is 18.7 Å². The van der Waals surface area contributed by atoms with Crippen molar-refractivity contribution in [2.24, 2.45) is 0 Å². The van der Waals surface area contributed by atoms with E-state index in [0.717, 1.165) is 17.9 Å². The Kier molecular flexibility index (Phi) is 2.85. The van der Waals surface area contributed by atoms with Gasteiger partial charge in [-0.05, 0) is 12.2 Å². The lowest BCUT2D eigenvalue weighted by Gasteiger charge is -2.06. The summed E-state index contributed by atoms with van der Waals surface area (Å²) in [6.45, 7) is 0. The smallest absolute Gasteiger partial charge is 0.315 e. The molecule has 1 atom stereocenters. The summed E-state index contributed by atoms with van der Waals surface area (Å²) in [5, 5.41) is 9.63. The second kappa shape index (κ2) is 4.12. The van der Waals surface area contributed by atoms with Crippen LogP contribution in [0, 0.1) is 0 Å². The minimum atomic E-state index is -2.70. The third-order valence-electron chi connectivity index (χ3n) is 1.88. The largest absolute Gasteiger partial charge is 0.402 e. The van der Waals surface area contributed by atoms with Crippen LogP contribution in [0.15, 0.2) is 4.42 Å². The maximum Gasteiger partial charge on any atom is 0.315 e. The maximum absolute atomic E-state index is 12.1. The summed E-state index contributed by atoms with van der Waals surface area (Å²) in [5.41, 5.74) is 0. The fourth-order valence-electron chi connectivity index (χ4n) is 1.20. The zero-order chi connectivity index (χ0) is 9.97. The van der Waals surface area contributed by atoms with Gasteiger partial charge in [-0.25, -0.2) is 0 Å². The number of halogens is 2. The third-order valence-corrected chi connectivity index (χ3v) is 3.05. The molecule has 14 heavy (non-hydrogen) atoms. The van der Waals surface area contributed by atoms with Crippen molar-refractivity contribution in [1.29, 1.82) is 0 Å². The highest BCUT2D eigenvalue weighted by molar-refractivity contribution is 7.99. The minimum absolute atomic E-state index is 0.0906. The van der Waals surface area contributed by atoms with Crippen LogP contribution in [-0.4, -0.2) is 27.7 Å². The van der Waals surface area contributed by atoms with Crippen molar-refractivity contribution in [2.45, 2.75) is 18.9 Å². The molecule has 1 aliphatic rings. The number of alkyl halides is 2. The monoisotopic (exact) mass is 221 g/mol. The van der Waals surface area contributed by atoms with Gasteiger partial charge in [-0.1, -0.05) is 5.10 Å². The van der Waals surface area contributed by atoms with Crippen LogP contribution in [-0.2, 0) is 0 Å². The van der Waals surface area contributed by atoms with Crippen LogP contribution in [0.2, 0.25) is 0 Å². The molecule has 0 aromatic carbocycles. The number of rotatable bonds is 3. The summed E-state index contributed by atoms with van der Waals surface area (Å²) in [6.07, 6.45) is -1.70. The minimum Gasteiger partial charge on any atom is -0.402 e. The first-order valence-corrected chi connectivity index (χ1v) is 5.37. The number of nitrogens with zero attached hydrogens (tertiary/aromatic N) is 2. The van der Waals surface area contributed by atoms with Gasteiger partial charge in [0, 0.05) is 11.8 Å². The number of hydrogen-bond donors (Lipinski definition) is 1. The van der Waals surface area contributed by atoms with E-state index >= 15 is 0 Å². The number of anilines is 1. The summed E-state index contributed by atoms with van der Waals surface area (Å²) in [5.74, 6) is 1.40. The standard InChI is InChI=1S/C7H9F2N3OS/c8-5(9)6-11-12-7(13-6)10-4-1-2-14-3-4/h4-5H,1-3H2,(H,10,12). The third kappa shape index (κ3) is 2.14. The van der Waals surface area contributed by atoms with Crippen molar-refractivity contribution in [3.8, 4) is 0 Å². The van der Waals surface area contributed by atoms with Gasteiger partial charge in [0.15, 0.2) is 0 Å². The van der Waals surface area contributed by atoms with E-state index in [1.807, 2.05) is 11.8 Å². The van der Waals surface area contributed by atoms with Crippen molar-refractivity contribution in [3.63, 3.8) is 0 Å². The van der Waals surface area contributed by atoms with Gasteiger partial charge in [-0.3, -0.25) is 0 Å². The SMILES string of the molecule is FC(F)c1nnc(NC2CCSC2)o1. The highest BCUT2D eigenvalue weighted by Gasteiger charge is 2.20. The normalized spacial score (nSPS) is 21.8. The van der Waals surface area contributed by atoms with E-state index in [-0.39, 0.29) is 12.1 Å². The maximum atomic E-state index is 12.1. The highest BCUT2D eigenvalue weighted by atomic mass is 32.2. The first-order chi connectivity index (χ1) is 6.75. The summed E-state index contributed by atoms with van der Waals surface area (Å²) in [4.78, 5) is 0. The second-order valence-electron chi connectivity index (χ2n) is 2.95. The van der Waals surface area contributed by atoms with Crippen molar-refractivity contribution in [2.75, 3.05) is 16.8 Å². The molecular weight excluding hydrogens is 212 g/mol. The van der Waals surface area contributed by atoms with E-state index in [4.69, 9.17) is 4.42 Å². The van der Waals surface area contributed by atoms with Gasteiger partial charge in [-0.2, -0.15) is 20.5 Å². The molecule has 0 radical (unpaired) electrons. The van der Waals surface area contributed by atoms with Crippen LogP contribution < -0.4 is 5.32 Å². The fraction of sp³-hybridized carbons (Fsp3) is 0.714. The first kappa shape index (κ1) is 9.70. The molecule has 1 aliphatic heterocycles. The van der Waals surface area contributed by atoms with Gasteiger partial charge in [0.1, 0.15) is 0 Å². The summed E-state index contributed by atoms with van der Waals surface area (Å²) < 4.78 is 28.8. The number of aromatic nitrogens is 2. The molecule has 4 nitrogen and oxygen atoms in total. The molecule has 1 aromatic rings. The Balaban J connectivity index is 1.95. The van der Waals surface area contributed by atoms with Gasteiger partial charge in [0.05, 0.1) is 0 Å². The Labute approximate surface area is 83.5 Å². The molecule has 1 aromatic heterocycles. The van der Waals surface area contributed by atoms with E-state index in [1.54, 1.807) is 0 Å². The molecule has 2 heterocycles. The van der Waals surface area contributed by atoms with Crippen LogP contribution >= 0.6 is 11.8 Å². The van der Waals surface area contributed by atoms with Gasteiger partial charge in [0.2, 0.25) is 0 Å². The van der Waals surface area contributed by atoms with E-state index in [1.165, 1.54) is 0 Å². The van der Waals surface area contributed by atoms with Gasteiger partial charge < -0.3 is 9.73 Å². The lowest BCUT2D eigenvalue weighted by atomic mass is 10.3. The van der Waals surface area contributed by atoms with Crippen LogP contribution in [0.25, 0.3) is 0 Å². The fourth-order valence-corrected chi connectivity index (χ4v) is 2.36. The Morgan fingerprint density at radius 3 is 2.93 bits per heavy atom.